The van der Waals surface area contributed by atoms with Gasteiger partial charge >= 0.3 is 0 Å². The van der Waals surface area contributed by atoms with Crippen molar-refractivity contribution in [3.05, 3.63) is 93.5 Å². The molecule has 166 valence electrons. The normalized spacial score (nSPS) is 27.5. The van der Waals surface area contributed by atoms with Gasteiger partial charge in [-0.05, 0) is 43.7 Å². The molecule has 6 heteroatoms. The van der Waals surface area contributed by atoms with Gasteiger partial charge in [-0.15, -0.1) is 0 Å². The molecule has 3 aliphatic rings. The van der Waals surface area contributed by atoms with Crippen LogP contribution in [0.1, 0.15) is 45.9 Å². The van der Waals surface area contributed by atoms with Crippen LogP contribution < -0.4 is 10.1 Å². The number of carbonyl (C=O) groups is 2. The van der Waals surface area contributed by atoms with Gasteiger partial charge in [0.2, 0.25) is 0 Å². The first-order valence-electron chi connectivity index (χ1n) is 11.1. The molecule has 3 aromatic carbocycles. The zero-order valence-electron chi connectivity index (χ0n) is 18.3. The molecular formula is C27H23BrN2O3. The first kappa shape index (κ1) is 20.5. The summed E-state index contributed by atoms with van der Waals surface area (Å²) in [5.74, 6) is 0.184. The quantitative estimate of drug-likeness (QED) is 0.480. The molecule has 33 heavy (non-hydrogen) atoms. The third-order valence-corrected chi connectivity index (χ3v) is 7.92. The first-order valence-corrected chi connectivity index (χ1v) is 11.9. The second kappa shape index (κ2) is 7.19. The average molecular weight is 503 g/mol. The van der Waals surface area contributed by atoms with E-state index in [9.17, 15) is 9.59 Å². The third-order valence-electron chi connectivity index (χ3n) is 7.43. The van der Waals surface area contributed by atoms with E-state index in [1.165, 1.54) is 0 Å². The van der Waals surface area contributed by atoms with Gasteiger partial charge in [0.15, 0.2) is 0 Å². The molecule has 0 aliphatic carbocycles. The van der Waals surface area contributed by atoms with E-state index in [4.69, 9.17) is 4.74 Å². The topological polar surface area (TPSA) is 58.6 Å². The van der Waals surface area contributed by atoms with Gasteiger partial charge in [-0.2, -0.15) is 0 Å². The summed E-state index contributed by atoms with van der Waals surface area (Å²) in [6, 6.07) is 21.3. The molecule has 0 radical (unpaired) electrons. The molecule has 1 fully saturated rings. The molecule has 0 saturated carbocycles. The van der Waals surface area contributed by atoms with E-state index in [2.05, 4.69) is 39.4 Å². The number of benzene rings is 3. The Balaban J connectivity index is 1.64. The molecule has 0 bridgehead atoms. The highest BCUT2D eigenvalue weighted by Gasteiger charge is 2.65. The molecule has 5 nitrogen and oxygen atoms in total. The fraction of sp³-hybridized carbons (Fsp3) is 0.259. The summed E-state index contributed by atoms with van der Waals surface area (Å²) in [4.78, 5) is 30.0. The number of nitrogens with one attached hydrogen (secondary N) is 1. The van der Waals surface area contributed by atoms with Gasteiger partial charge in [0.25, 0.3) is 11.8 Å². The summed E-state index contributed by atoms with van der Waals surface area (Å²) >= 11 is 3.49. The molecule has 0 aromatic heterocycles. The lowest BCUT2D eigenvalue weighted by molar-refractivity contribution is -0.125. The molecule has 4 atom stereocenters. The smallest absolute Gasteiger partial charge is 0.257 e. The summed E-state index contributed by atoms with van der Waals surface area (Å²) in [5, 5.41) is 3.07. The molecular weight excluding hydrogens is 480 g/mol. The number of fused-ring (bicyclic) bond motifs is 6. The standard InChI is InChI=1S/C27H23BrN2O3/c1-15-8-11-22-19(12-15)24-20(14-33-22)23(16-6-4-3-5-7-16)27(2)26(32)29-21-10-9-17(28)13-18(21)25(31)30(24)27/h3-13,20,23-24H,14H2,1-2H3,(H,29,32)/t20?,23?,24?,27-/m1/s1. The fourth-order valence-corrected chi connectivity index (χ4v) is 6.37. The zero-order valence-corrected chi connectivity index (χ0v) is 19.9. The van der Waals surface area contributed by atoms with Gasteiger partial charge in [0, 0.05) is 21.9 Å². The number of amides is 2. The molecule has 1 N–H and O–H groups in total. The van der Waals surface area contributed by atoms with Crippen molar-refractivity contribution in [1.82, 2.24) is 4.90 Å². The van der Waals surface area contributed by atoms with E-state index in [1.807, 2.05) is 55.1 Å². The molecule has 0 spiro atoms. The number of aryl methyl sites for hydroxylation is 1. The van der Waals surface area contributed by atoms with Crippen molar-refractivity contribution >= 4 is 33.4 Å². The summed E-state index contributed by atoms with van der Waals surface area (Å²) in [6.07, 6.45) is 0. The van der Waals surface area contributed by atoms with E-state index in [0.717, 1.165) is 26.9 Å². The molecule has 1 saturated heterocycles. The minimum atomic E-state index is -1.09. The van der Waals surface area contributed by atoms with Crippen LogP contribution in [-0.4, -0.2) is 28.9 Å². The minimum absolute atomic E-state index is 0.0601. The highest BCUT2D eigenvalue weighted by Crippen LogP contribution is 2.60. The molecule has 6 rings (SSSR count). The summed E-state index contributed by atoms with van der Waals surface area (Å²) in [6.45, 7) is 4.39. The average Bonchev–Trinajstić information content (AvgIpc) is 3.06. The Hall–Kier alpha value is -3.12. The third kappa shape index (κ3) is 2.83. The molecule has 3 aliphatic heterocycles. The van der Waals surface area contributed by atoms with Gasteiger partial charge in [-0.3, -0.25) is 9.59 Å². The Labute approximate surface area is 200 Å². The van der Waals surface area contributed by atoms with E-state index < -0.39 is 5.54 Å². The van der Waals surface area contributed by atoms with Gasteiger partial charge in [0.1, 0.15) is 11.3 Å². The number of ether oxygens (including phenoxy) is 1. The van der Waals surface area contributed by atoms with Crippen molar-refractivity contribution < 1.29 is 14.3 Å². The van der Waals surface area contributed by atoms with Gasteiger partial charge in [0.05, 0.1) is 23.9 Å². The van der Waals surface area contributed by atoms with Crippen molar-refractivity contribution in [2.45, 2.75) is 31.3 Å². The second-order valence-corrected chi connectivity index (χ2v) is 10.2. The van der Waals surface area contributed by atoms with Crippen molar-refractivity contribution in [3.63, 3.8) is 0 Å². The SMILES string of the molecule is Cc1ccc2c(c1)C1C(CO2)C(c2ccccc2)[C@]2(C)C(=O)Nc3ccc(Br)cc3C(=O)N12. The van der Waals surface area contributed by atoms with Crippen molar-refractivity contribution in [2.75, 3.05) is 11.9 Å². The molecule has 2 amide bonds. The molecule has 3 unspecified atom stereocenters. The number of carbonyl (C=O) groups excluding carboxylic acids is 2. The Morgan fingerprint density at radius 1 is 1.06 bits per heavy atom. The highest BCUT2D eigenvalue weighted by atomic mass is 79.9. The number of hydrogen-bond donors (Lipinski definition) is 1. The number of nitrogens with zero attached hydrogens (tertiary/aromatic N) is 1. The van der Waals surface area contributed by atoms with Crippen LogP contribution in [0.15, 0.2) is 71.2 Å². The predicted molar refractivity (Wildman–Crippen MR) is 129 cm³/mol. The van der Waals surface area contributed by atoms with Crippen LogP contribution in [0.4, 0.5) is 5.69 Å². The maximum absolute atomic E-state index is 14.2. The van der Waals surface area contributed by atoms with Crippen LogP contribution in [0.5, 0.6) is 5.75 Å². The van der Waals surface area contributed by atoms with Crippen LogP contribution in [-0.2, 0) is 4.79 Å². The number of rotatable bonds is 1. The van der Waals surface area contributed by atoms with Gasteiger partial charge < -0.3 is 15.0 Å². The Morgan fingerprint density at radius 3 is 2.64 bits per heavy atom. The number of halogens is 1. The van der Waals surface area contributed by atoms with Gasteiger partial charge in [-0.25, -0.2) is 0 Å². The van der Waals surface area contributed by atoms with E-state index in [0.29, 0.717) is 17.9 Å². The summed E-state index contributed by atoms with van der Waals surface area (Å²) < 4.78 is 7.01. The monoisotopic (exact) mass is 502 g/mol. The van der Waals surface area contributed by atoms with E-state index >= 15 is 0 Å². The van der Waals surface area contributed by atoms with E-state index in [1.54, 1.807) is 12.1 Å². The summed E-state index contributed by atoms with van der Waals surface area (Å²) in [7, 11) is 0. The fourth-order valence-electron chi connectivity index (χ4n) is 6.00. The zero-order chi connectivity index (χ0) is 22.9. The lowest BCUT2D eigenvalue weighted by Crippen LogP contribution is -2.54. The van der Waals surface area contributed by atoms with Gasteiger partial charge in [-0.1, -0.05) is 64.0 Å². The second-order valence-electron chi connectivity index (χ2n) is 9.32. The minimum Gasteiger partial charge on any atom is -0.493 e. The first-order chi connectivity index (χ1) is 15.9. The van der Waals surface area contributed by atoms with Crippen molar-refractivity contribution in [1.29, 1.82) is 0 Å². The van der Waals surface area contributed by atoms with Crippen molar-refractivity contribution in [3.8, 4) is 5.75 Å². The lowest BCUT2D eigenvalue weighted by atomic mass is 9.73. The Kier molecular flexibility index (Phi) is 4.46. The predicted octanol–water partition coefficient (Wildman–Crippen LogP) is 5.46. The van der Waals surface area contributed by atoms with E-state index in [-0.39, 0.29) is 29.7 Å². The summed E-state index contributed by atoms with van der Waals surface area (Å²) in [5.41, 5.74) is 3.05. The maximum Gasteiger partial charge on any atom is 0.257 e. The van der Waals surface area contributed by atoms with Crippen LogP contribution in [0.3, 0.4) is 0 Å². The van der Waals surface area contributed by atoms with Crippen LogP contribution in [0.25, 0.3) is 0 Å². The molecule has 3 aromatic rings. The lowest BCUT2D eigenvalue weighted by Gasteiger charge is -2.38. The maximum atomic E-state index is 14.2. The highest BCUT2D eigenvalue weighted by molar-refractivity contribution is 9.10. The molecule has 3 heterocycles. The van der Waals surface area contributed by atoms with Crippen LogP contribution >= 0.6 is 15.9 Å². The Morgan fingerprint density at radius 2 is 1.85 bits per heavy atom. The van der Waals surface area contributed by atoms with Crippen molar-refractivity contribution in [2.24, 2.45) is 5.92 Å². The Bertz CT molecular complexity index is 1310. The number of hydrogen-bond acceptors (Lipinski definition) is 3. The number of anilines is 1. The largest absolute Gasteiger partial charge is 0.493 e. The van der Waals surface area contributed by atoms with Crippen LogP contribution in [0, 0.1) is 12.8 Å². The van der Waals surface area contributed by atoms with Crippen LogP contribution in [0.2, 0.25) is 0 Å².